The number of hydrogen-bond acceptors (Lipinski definition) is 8. The number of nitrogens with one attached hydrogen (secondary N) is 1. The lowest BCUT2D eigenvalue weighted by molar-refractivity contribution is -0.119. The number of anilines is 4. The van der Waals surface area contributed by atoms with Gasteiger partial charge in [0.2, 0.25) is 5.91 Å². The number of amides is 1. The van der Waals surface area contributed by atoms with E-state index in [0.717, 1.165) is 30.6 Å². The van der Waals surface area contributed by atoms with Gasteiger partial charge >= 0.3 is 0 Å². The lowest BCUT2D eigenvalue weighted by Gasteiger charge is -2.44. The summed E-state index contributed by atoms with van der Waals surface area (Å²) in [5, 5.41) is 3.20. The van der Waals surface area contributed by atoms with Crippen molar-refractivity contribution in [3.8, 4) is 5.75 Å². The van der Waals surface area contributed by atoms with Gasteiger partial charge in [-0.1, -0.05) is 0 Å². The number of carbonyl (C=O) groups excluding carboxylic acids is 1. The number of ether oxygens (including phenoxy) is 2. The monoisotopic (exact) mass is 460 g/mol. The third-order valence-corrected chi connectivity index (χ3v) is 7.12. The van der Waals surface area contributed by atoms with Crippen LogP contribution >= 0.6 is 0 Å². The molecule has 1 saturated heterocycles. The number of nitrogens with zero attached hydrogens (tertiary/aromatic N) is 3. The molecule has 1 aromatic heterocycles. The number of pyridine rings is 1. The van der Waals surface area contributed by atoms with Gasteiger partial charge in [-0.05, 0) is 50.1 Å². The average molecular weight is 461 g/mol. The van der Waals surface area contributed by atoms with E-state index < -0.39 is 9.84 Å². The van der Waals surface area contributed by atoms with Crippen molar-refractivity contribution >= 4 is 38.8 Å². The molecule has 32 heavy (non-hydrogen) atoms. The third kappa shape index (κ3) is 4.12. The second-order valence-corrected chi connectivity index (χ2v) is 10.1. The van der Waals surface area contributed by atoms with Gasteiger partial charge in [-0.2, -0.15) is 0 Å². The highest BCUT2D eigenvalue weighted by Gasteiger charge is 2.39. The van der Waals surface area contributed by atoms with Crippen molar-refractivity contribution in [2.45, 2.75) is 36.7 Å². The molecule has 1 aromatic carbocycles. The quantitative estimate of drug-likeness (QED) is 0.727. The molecule has 0 bridgehead atoms. The summed E-state index contributed by atoms with van der Waals surface area (Å²) in [5.74, 6) is 1.77. The first-order valence-electron chi connectivity index (χ1n) is 10.5. The van der Waals surface area contributed by atoms with Crippen LogP contribution in [0.3, 0.4) is 0 Å². The van der Waals surface area contributed by atoms with Gasteiger partial charge in [-0.3, -0.25) is 4.79 Å². The van der Waals surface area contributed by atoms with Crippen molar-refractivity contribution in [3.05, 3.63) is 30.3 Å². The number of sulfone groups is 1. The zero-order chi connectivity index (χ0) is 23.0. The van der Waals surface area contributed by atoms with Crippen molar-refractivity contribution in [3.63, 3.8) is 0 Å². The molecule has 0 saturated carbocycles. The highest BCUT2D eigenvalue weighted by Crippen LogP contribution is 2.39. The summed E-state index contributed by atoms with van der Waals surface area (Å²) in [7, 11) is -0.101. The number of fused-ring (bicyclic) bond motifs is 1. The van der Waals surface area contributed by atoms with Crippen LogP contribution in [0.15, 0.2) is 35.2 Å². The first kappa shape index (κ1) is 22.3. The zero-order valence-corrected chi connectivity index (χ0v) is 19.5. The van der Waals surface area contributed by atoms with Crippen LogP contribution in [-0.2, 0) is 19.4 Å². The molecule has 9 nitrogen and oxygen atoms in total. The number of methoxy groups -OCH3 is 1. The molecule has 0 spiro atoms. The van der Waals surface area contributed by atoms with Gasteiger partial charge in [0.1, 0.15) is 17.6 Å². The number of rotatable bonds is 5. The smallest absolute Gasteiger partial charge is 0.249 e. The molecule has 1 fully saturated rings. The molecule has 0 aliphatic carbocycles. The molecule has 10 heteroatoms. The lowest BCUT2D eigenvalue weighted by Crippen LogP contribution is -2.56. The maximum absolute atomic E-state index is 12.9. The summed E-state index contributed by atoms with van der Waals surface area (Å²) in [6, 6.07) is 8.09. The Morgan fingerprint density at radius 3 is 2.56 bits per heavy atom. The SMILES string of the molecule is COc1ccc(S(C)(=O)=O)cc1Nc1ccc2c(n1)N(C1CCOCC1)[C@H](C)C(=O)N2C. The standard InChI is InChI=1S/C22H28N4O5S/c1-14-22(27)25(2)18-6-8-20(24-21(18)26(14)15-9-11-31-12-10-15)23-17-13-16(32(4,28)29)5-7-19(17)30-3/h5-8,13-15H,9-12H2,1-4H3,(H,23,24)/t14-/m1/s1. The Bertz CT molecular complexity index is 1130. The molecule has 172 valence electrons. The van der Waals surface area contributed by atoms with Gasteiger partial charge < -0.3 is 24.6 Å². The summed E-state index contributed by atoms with van der Waals surface area (Å²) < 4.78 is 34.9. The van der Waals surface area contributed by atoms with Crippen LogP contribution in [0.1, 0.15) is 19.8 Å². The Labute approximate surface area is 188 Å². The van der Waals surface area contributed by atoms with E-state index in [-0.39, 0.29) is 22.9 Å². The van der Waals surface area contributed by atoms with Crippen molar-refractivity contribution in [2.24, 2.45) is 0 Å². The predicted octanol–water partition coefficient (Wildman–Crippen LogP) is 2.59. The summed E-state index contributed by atoms with van der Waals surface area (Å²) >= 11 is 0. The zero-order valence-electron chi connectivity index (χ0n) is 18.7. The first-order chi connectivity index (χ1) is 15.2. The third-order valence-electron chi connectivity index (χ3n) is 6.01. The highest BCUT2D eigenvalue weighted by molar-refractivity contribution is 7.90. The summed E-state index contributed by atoms with van der Waals surface area (Å²) in [6.45, 7) is 3.21. The van der Waals surface area contributed by atoms with Crippen LogP contribution in [0.2, 0.25) is 0 Å². The van der Waals surface area contributed by atoms with Crippen molar-refractivity contribution in [1.82, 2.24) is 4.98 Å². The Balaban J connectivity index is 1.74. The normalized spacial score (nSPS) is 19.6. The molecule has 2 aliphatic heterocycles. The summed E-state index contributed by atoms with van der Waals surface area (Å²) in [4.78, 5) is 21.6. The van der Waals surface area contributed by atoms with Crippen molar-refractivity contribution in [1.29, 1.82) is 0 Å². The van der Waals surface area contributed by atoms with Crippen LogP contribution in [0.4, 0.5) is 23.0 Å². The minimum Gasteiger partial charge on any atom is -0.495 e. The topological polar surface area (TPSA) is 101 Å². The Morgan fingerprint density at radius 1 is 1.19 bits per heavy atom. The molecule has 3 heterocycles. The lowest BCUT2D eigenvalue weighted by atomic mass is 10.0. The molecule has 1 atom stereocenters. The fourth-order valence-corrected chi connectivity index (χ4v) is 4.92. The largest absolute Gasteiger partial charge is 0.495 e. The van der Waals surface area contributed by atoms with Gasteiger partial charge in [0.15, 0.2) is 15.7 Å². The minimum absolute atomic E-state index is 0.0222. The highest BCUT2D eigenvalue weighted by atomic mass is 32.2. The summed E-state index contributed by atoms with van der Waals surface area (Å²) in [6.07, 6.45) is 2.81. The molecule has 4 rings (SSSR count). The second-order valence-electron chi connectivity index (χ2n) is 8.12. The fraction of sp³-hybridized carbons (Fsp3) is 0.455. The van der Waals surface area contributed by atoms with Gasteiger partial charge in [-0.15, -0.1) is 0 Å². The Hall–Kier alpha value is -2.85. The maximum atomic E-state index is 12.9. The van der Waals surface area contributed by atoms with Crippen LogP contribution in [0.25, 0.3) is 0 Å². The second kappa shape index (κ2) is 8.59. The van der Waals surface area contributed by atoms with Crippen LogP contribution in [0, 0.1) is 0 Å². The van der Waals surface area contributed by atoms with Crippen molar-refractivity contribution in [2.75, 3.05) is 48.7 Å². The van der Waals surface area contributed by atoms with E-state index in [9.17, 15) is 13.2 Å². The van der Waals surface area contributed by atoms with Gasteiger partial charge in [0, 0.05) is 32.6 Å². The number of hydrogen-bond donors (Lipinski definition) is 1. The molecular weight excluding hydrogens is 432 g/mol. The molecule has 0 unspecified atom stereocenters. The van der Waals surface area contributed by atoms with Gasteiger partial charge in [-0.25, -0.2) is 13.4 Å². The summed E-state index contributed by atoms with van der Waals surface area (Å²) in [5.41, 5.74) is 1.23. The van der Waals surface area contributed by atoms with E-state index in [1.54, 1.807) is 24.1 Å². The molecule has 1 amide bonds. The number of likely N-dealkylation sites (N-methyl/N-ethyl adjacent to an activating group) is 1. The van der Waals surface area contributed by atoms with E-state index >= 15 is 0 Å². The van der Waals surface area contributed by atoms with Gasteiger partial charge in [0.05, 0.1) is 23.4 Å². The van der Waals surface area contributed by atoms with Crippen LogP contribution < -0.4 is 19.9 Å². The van der Waals surface area contributed by atoms with Gasteiger partial charge in [0.25, 0.3) is 0 Å². The first-order valence-corrected chi connectivity index (χ1v) is 12.4. The predicted molar refractivity (Wildman–Crippen MR) is 123 cm³/mol. The fourth-order valence-electron chi connectivity index (χ4n) is 4.27. The van der Waals surface area contributed by atoms with E-state index in [0.29, 0.717) is 30.5 Å². The number of aromatic nitrogens is 1. The van der Waals surface area contributed by atoms with E-state index in [2.05, 4.69) is 10.2 Å². The number of carbonyl (C=O) groups is 1. The minimum atomic E-state index is -3.38. The van der Waals surface area contributed by atoms with E-state index in [4.69, 9.17) is 14.5 Å². The molecular formula is C22H28N4O5S. The van der Waals surface area contributed by atoms with E-state index in [1.165, 1.54) is 19.2 Å². The van der Waals surface area contributed by atoms with Crippen LogP contribution in [-0.4, -0.2) is 65.0 Å². The van der Waals surface area contributed by atoms with Crippen LogP contribution in [0.5, 0.6) is 5.75 Å². The average Bonchev–Trinajstić information content (AvgIpc) is 2.78. The number of benzene rings is 1. The molecule has 2 aromatic rings. The molecule has 1 N–H and O–H groups in total. The molecule has 0 radical (unpaired) electrons. The molecule has 2 aliphatic rings. The van der Waals surface area contributed by atoms with E-state index in [1.807, 2.05) is 13.0 Å². The Kier molecular flexibility index (Phi) is 6.00. The van der Waals surface area contributed by atoms with Crippen molar-refractivity contribution < 1.29 is 22.7 Å². The Morgan fingerprint density at radius 2 is 1.91 bits per heavy atom. The maximum Gasteiger partial charge on any atom is 0.249 e.